The molecule has 0 atom stereocenters. The number of para-hydroxylation sites is 1. The molecule has 0 aliphatic heterocycles. The van der Waals surface area contributed by atoms with Crippen molar-refractivity contribution in [2.45, 2.75) is 0 Å². The van der Waals surface area contributed by atoms with Gasteiger partial charge in [-0.05, 0) is 12.1 Å². The van der Waals surface area contributed by atoms with Crippen LogP contribution in [0.3, 0.4) is 0 Å². The molecule has 0 aromatic heterocycles. The van der Waals surface area contributed by atoms with E-state index >= 15 is 0 Å². The van der Waals surface area contributed by atoms with Crippen LogP contribution in [0.15, 0.2) is 42.5 Å². The predicted octanol–water partition coefficient (Wildman–Crippen LogP) is 1.40. The average molecular weight is 246 g/mol. The molecule has 6 heteroatoms. The van der Waals surface area contributed by atoms with Crippen LogP contribution in [0.5, 0.6) is 0 Å². The second kappa shape index (κ2) is 9.54. The molecular weight excluding hydrogens is 234 g/mol. The van der Waals surface area contributed by atoms with Crippen molar-refractivity contribution in [1.82, 2.24) is 0 Å². The Morgan fingerprint density at radius 3 is 1.56 bits per heavy atom. The van der Waals surface area contributed by atoms with Crippen LogP contribution in [0, 0.1) is 0 Å². The Balaban J connectivity index is 0. The number of carbonyl (C=O) groups is 2. The number of hydrogen-bond donors (Lipinski definition) is 3. The Kier molecular flexibility index (Phi) is 9.79. The number of aliphatic carboxylic acids is 2. The van der Waals surface area contributed by atoms with Gasteiger partial charge in [-0.15, -0.1) is 12.4 Å². The number of carboxylic acid groups (broad SMARTS) is 2. The molecular formula is C10H12ClNO4. The third-order valence-corrected chi connectivity index (χ3v) is 1.17. The van der Waals surface area contributed by atoms with Gasteiger partial charge in [0.25, 0.3) is 0 Å². The van der Waals surface area contributed by atoms with E-state index < -0.39 is 11.9 Å². The summed E-state index contributed by atoms with van der Waals surface area (Å²) in [4.78, 5) is 19.1. The molecule has 0 spiro atoms. The topological polar surface area (TPSA) is 101 Å². The highest BCUT2D eigenvalue weighted by Gasteiger charge is 1.88. The molecule has 0 fully saturated rings. The monoisotopic (exact) mass is 245 g/mol. The first kappa shape index (κ1) is 16.4. The van der Waals surface area contributed by atoms with E-state index in [1.165, 1.54) is 0 Å². The number of hydrogen-bond acceptors (Lipinski definition) is 3. The highest BCUT2D eigenvalue weighted by Crippen LogP contribution is 1.95. The van der Waals surface area contributed by atoms with Crippen molar-refractivity contribution >= 4 is 30.0 Å². The van der Waals surface area contributed by atoms with Crippen LogP contribution < -0.4 is 5.73 Å². The molecule has 1 rings (SSSR count). The van der Waals surface area contributed by atoms with Crippen molar-refractivity contribution in [2.24, 2.45) is 0 Å². The summed E-state index contributed by atoms with van der Waals surface area (Å²) in [5, 5.41) is 15.6. The zero-order valence-electron chi connectivity index (χ0n) is 8.24. The Hall–Kier alpha value is -2.01. The lowest BCUT2D eigenvalue weighted by atomic mass is 10.3. The van der Waals surface area contributed by atoms with Crippen molar-refractivity contribution in [2.75, 3.05) is 5.73 Å². The van der Waals surface area contributed by atoms with Gasteiger partial charge in [-0.1, -0.05) is 18.2 Å². The Bertz CT molecular complexity index is 335. The predicted molar refractivity (Wildman–Crippen MR) is 62.5 cm³/mol. The van der Waals surface area contributed by atoms with Gasteiger partial charge in [0, 0.05) is 17.8 Å². The van der Waals surface area contributed by atoms with E-state index in [2.05, 4.69) is 0 Å². The van der Waals surface area contributed by atoms with E-state index in [0.29, 0.717) is 12.2 Å². The van der Waals surface area contributed by atoms with E-state index in [1.807, 2.05) is 30.3 Å². The maximum atomic E-state index is 9.55. The number of rotatable bonds is 2. The highest BCUT2D eigenvalue weighted by atomic mass is 35.5. The Labute approximate surface area is 98.6 Å². The van der Waals surface area contributed by atoms with Crippen LogP contribution in [0.1, 0.15) is 0 Å². The van der Waals surface area contributed by atoms with Gasteiger partial charge >= 0.3 is 11.9 Å². The molecule has 0 aliphatic rings. The number of carboxylic acids is 2. The molecule has 5 nitrogen and oxygen atoms in total. The number of nitrogens with two attached hydrogens (primary N) is 1. The summed E-state index contributed by atoms with van der Waals surface area (Å²) in [7, 11) is 0. The summed E-state index contributed by atoms with van der Waals surface area (Å²) < 4.78 is 0. The van der Waals surface area contributed by atoms with Crippen molar-refractivity contribution in [3.8, 4) is 0 Å². The Morgan fingerprint density at radius 1 is 1.00 bits per heavy atom. The summed E-state index contributed by atoms with van der Waals surface area (Å²) in [5.74, 6) is -2.51. The molecule has 0 radical (unpaired) electrons. The van der Waals surface area contributed by atoms with Crippen molar-refractivity contribution in [3.05, 3.63) is 42.5 Å². The van der Waals surface area contributed by atoms with Crippen LogP contribution in [0.4, 0.5) is 5.69 Å². The maximum Gasteiger partial charge on any atom is 0.328 e. The van der Waals surface area contributed by atoms with E-state index in [0.717, 1.165) is 5.69 Å². The van der Waals surface area contributed by atoms with Crippen LogP contribution in [-0.2, 0) is 9.59 Å². The molecule has 0 aliphatic carbocycles. The van der Waals surface area contributed by atoms with Crippen molar-refractivity contribution < 1.29 is 19.8 Å². The van der Waals surface area contributed by atoms with E-state index in [-0.39, 0.29) is 12.4 Å². The second-order valence-electron chi connectivity index (χ2n) is 2.42. The average Bonchev–Trinajstić information content (AvgIpc) is 2.17. The summed E-state index contributed by atoms with van der Waals surface area (Å²) in [5.41, 5.74) is 6.18. The standard InChI is InChI=1S/C6H7N.C4H4O4.ClH/c7-6-4-2-1-3-5-6;5-3(6)1-2-4(7)8;/h1-5H,7H2;1-2H,(H,5,6)(H,7,8);1H/b;2-1-;. The van der Waals surface area contributed by atoms with Crippen LogP contribution >= 0.6 is 12.4 Å². The normalized spacial score (nSPS) is 8.50. The fraction of sp³-hybridized carbons (Fsp3) is 0. The molecule has 1 aromatic carbocycles. The molecule has 88 valence electrons. The molecule has 1 aromatic rings. The molecule has 0 amide bonds. The van der Waals surface area contributed by atoms with Crippen LogP contribution in [-0.4, -0.2) is 22.2 Å². The summed E-state index contributed by atoms with van der Waals surface area (Å²) in [6.07, 6.45) is 1.12. The summed E-state index contributed by atoms with van der Waals surface area (Å²) >= 11 is 0. The lowest BCUT2D eigenvalue weighted by Crippen LogP contribution is -1.91. The van der Waals surface area contributed by atoms with Gasteiger partial charge in [-0.2, -0.15) is 0 Å². The van der Waals surface area contributed by atoms with Crippen molar-refractivity contribution in [3.63, 3.8) is 0 Å². The minimum absolute atomic E-state index is 0. The fourth-order valence-corrected chi connectivity index (χ4v) is 0.596. The fourth-order valence-electron chi connectivity index (χ4n) is 0.596. The third-order valence-electron chi connectivity index (χ3n) is 1.17. The van der Waals surface area contributed by atoms with Gasteiger partial charge in [0.2, 0.25) is 0 Å². The number of halogens is 1. The largest absolute Gasteiger partial charge is 0.478 e. The first-order chi connectivity index (χ1) is 7.02. The minimum Gasteiger partial charge on any atom is -0.478 e. The van der Waals surface area contributed by atoms with Crippen LogP contribution in [0.25, 0.3) is 0 Å². The van der Waals surface area contributed by atoms with E-state index in [1.54, 1.807) is 0 Å². The maximum absolute atomic E-state index is 9.55. The first-order valence-corrected chi connectivity index (χ1v) is 3.97. The van der Waals surface area contributed by atoms with Gasteiger partial charge in [-0.25, -0.2) is 9.59 Å². The summed E-state index contributed by atoms with van der Waals surface area (Å²) in [6, 6.07) is 9.49. The number of anilines is 1. The van der Waals surface area contributed by atoms with Gasteiger partial charge in [0.1, 0.15) is 0 Å². The lowest BCUT2D eigenvalue weighted by Gasteiger charge is -1.83. The molecule has 4 N–H and O–H groups in total. The second-order valence-corrected chi connectivity index (χ2v) is 2.42. The summed E-state index contributed by atoms with van der Waals surface area (Å²) in [6.45, 7) is 0. The van der Waals surface area contributed by atoms with Gasteiger partial charge in [0.05, 0.1) is 0 Å². The molecule has 0 saturated heterocycles. The van der Waals surface area contributed by atoms with Gasteiger partial charge in [-0.3, -0.25) is 0 Å². The van der Waals surface area contributed by atoms with Gasteiger partial charge < -0.3 is 15.9 Å². The molecule has 0 unspecified atom stereocenters. The van der Waals surface area contributed by atoms with E-state index in [9.17, 15) is 9.59 Å². The lowest BCUT2D eigenvalue weighted by molar-refractivity contribution is -0.134. The highest BCUT2D eigenvalue weighted by molar-refractivity contribution is 5.89. The number of nitrogen functional groups attached to an aromatic ring is 1. The third kappa shape index (κ3) is 12.0. The van der Waals surface area contributed by atoms with Crippen LogP contribution in [0.2, 0.25) is 0 Å². The molecule has 0 bridgehead atoms. The Morgan fingerprint density at radius 2 is 1.38 bits per heavy atom. The smallest absolute Gasteiger partial charge is 0.328 e. The quantitative estimate of drug-likeness (QED) is 0.540. The SMILES string of the molecule is Cl.Nc1ccccc1.O=C(O)/C=C\C(=O)O. The molecule has 0 saturated carbocycles. The van der Waals surface area contributed by atoms with Gasteiger partial charge in [0.15, 0.2) is 0 Å². The van der Waals surface area contributed by atoms with Crippen molar-refractivity contribution in [1.29, 1.82) is 0 Å². The molecule has 16 heavy (non-hydrogen) atoms. The zero-order chi connectivity index (χ0) is 11.7. The zero-order valence-corrected chi connectivity index (χ0v) is 9.05. The minimum atomic E-state index is -1.26. The van der Waals surface area contributed by atoms with E-state index in [4.69, 9.17) is 15.9 Å². The number of benzene rings is 1. The first-order valence-electron chi connectivity index (χ1n) is 3.97. The molecule has 0 heterocycles.